The Morgan fingerprint density at radius 2 is 2.10 bits per heavy atom. The summed E-state index contributed by atoms with van der Waals surface area (Å²) in [6.45, 7) is 1.20. The average Bonchev–Trinajstić information content (AvgIpc) is 2.95. The number of para-hydroxylation sites is 1. The van der Waals surface area contributed by atoms with Gasteiger partial charge in [0.2, 0.25) is 0 Å². The minimum Gasteiger partial charge on any atom is -0.493 e. The first-order chi connectivity index (χ1) is 10.2. The molecule has 0 aromatic heterocycles. The van der Waals surface area contributed by atoms with Crippen LogP contribution in [0.15, 0.2) is 42.5 Å². The molecule has 21 heavy (non-hydrogen) atoms. The molecule has 2 aromatic rings. The predicted molar refractivity (Wildman–Crippen MR) is 78.2 cm³/mol. The standard InChI is InChI=1S/C17H16O4/c18-17(19)14-3-1-2-4-16(14)21-9-7-12-5-6-15-13(11-12)8-10-20-15/h1-6,11H,7-10H2,(H,18,19). The van der Waals surface area contributed by atoms with Gasteiger partial charge in [-0.3, -0.25) is 0 Å². The lowest BCUT2D eigenvalue weighted by molar-refractivity contribution is 0.0692. The number of hydrogen-bond acceptors (Lipinski definition) is 3. The molecule has 2 aromatic carbocycles. The van der Waals surface area contributed by atoms with E-state index in [4.69, 9.17) is 14.6 Å². The van der Waals surface area contributed by atoms with Gasteiger partial charge in [-0.2, -0.15) is 0 Å². The normalized spacial score (nSPS) is 12.6. The Balaban J connectivity index is 1.63. The molecule has 1 heterocycles. The number of hydrogen-bond donors (Lipinski definition) is 1. The van der Waals surface area contributed by atoms with E-state index in [1.807, 2.05) is 12.1 Å². The Hall–Kier alpha value is -2.49. The van der Waals surface area contributed by atoms with E-state index >= 15 is 0 Å². The lowest BCUT2D eigenvalue weighted by atomic mass is 10.1. The zero-order valence-corrected chi connectivity index (χ0v) is 11.5. The Morgan fingerprint density at radius 1 is 1.24 bits per heavy atom. The van der Waals surface area contributed by atoms with Gasteiger partial charge in [0.15, 0.2) is 0 Å². The zero-order chi connectivity index (χ0) is 14.7. The maximum absolute atomic E-state index is 11.1. The van der Waals surface area contributed by atoms with E-state index in [1.54, 1.807) is 24.3 Å². The van der Waals surface area contributed by atoms with E-state index in [-0.39, 0.29) is 5.56 Å². The third-order valence-corrected chi connectivity index (χ3v) is 3.52. The van der Waals surface area contributed by atoms with Crippen molar-refractivity contribution in [1.29, 1.82) is 0 Å². The van der Waals surface area contributed by atoms with Crippen molar-refractivity contribution in [3.63, 3.8) is 0 Å². The number of rotatable bonds is 5. The van der Waals surface area contributed by atoms with Crippen molar-refractivity contribution in [2.45, 2.75) is 12.8 Å². The second-order valence-corrected chi connectivity index (χ2v) is 4.94. The number of ether oxygens (including phenoxy) is 2. The molecule has 4 heteroatoms. The van der Waals surface area contributed by atoms with E-state index in [0.717, 1.165) is 25.2 Å². The number of fused-ring (bicyclic) bond motifs is 1. The average molecular weight is 284 g/mol. The van der Waals surface area contributed by atoms with Gasteiger partial charge in [-0.1, -0.05) is 24.3 Å². The highest BCUT2D eigenvalue weighted by Crippen LogP contribution is 2.26. The largest absolute Gasteiger partial charge is 0.493 e. The van der Waals surface area contributed by atoms with Crippen LogP contribution in [0.1, 0.15) is 21.5 Å². The quantitative estimate of drug-likeness (QED) is 0.917. The SMILES string of the molecule is O=C(O)c1ccccc1OCCc1ccc2c(c1)CCO2. The minimum atomic E-state index is -0.972. The summed E-state index contributed by atoms with van der Waals surface area (Å²) in [4.78, 5) is 11.1. The van der Waals surface area contributed by atoms with Crippen molar-refractivity contribution in [3.05, 3.63) is 59.2 Å². The van der Waals surface area contributed by atoms with Crippen LogP contribution < -0.4 is 9.47 Å². The fourth-order valence-corrected chi connectivity index (χ4v) is 2.44. The van der Waals surface area contributed by atoms with Crippen LogP contribution in [-0.2, 0) is 12.8 Å². The van der Waals surface area contributed by atoms with Crippen LogP contribution in [0.25, 0.3) is 0 Å². The van der Waals surface area contributed by atoms with Gasteiger partial charge < -0.3 is 14.6 Å². The summed E-state index contributed by atoms with van der Waals surface area (Å²) >= 11 is 0. The van der Waals surface area contributed by atoms with Crippen molar-refractivity contribution in [3.8, 4) is 11.5 Å². The topological polar surface area (TPSA) is 55.8 Å². The molecule has 0 radical (unpaired) electrons. The summed E-state index contributed by atoms with van der Waals surface area (Å²) in [5.74, 6) is 0.408. The number of carboxylic acid groups (broad SMARTS) is 1. The molecular weight excluding hydrogens is 268 g/mol. The monoisotopic (exact) mass is 284 g/mol. The Kier molecular flexibility index (Phi) is 3.77. The summed E-state index contributed by atoms with van der Waals surface area (Å²) in [5.41, 5.74) is 2.60. The molecule has 0 fully saturated rings. The van der Waals surface area contributed by atoms with Crippen LogP contribution in [0.3, 0.4) is 0 Å². The van der Waals surface area contributed by atoms with Crippen LogP contribution in [0.2, 0.25) is 0 Å². The first-order valence-electron chi connectivity index (χ1n) is 6.94. The van der Waals surface area contributed by atoms with Crippen molar-refractivity contribution in [2.24, 2.45) is 0 Å². The van der Waals surface area contributed by atoms with E-state index < -0.39 is 5.97 Å². The van der Waals surface area contributed by atoms with Gasteiger partial charge in [0.25, 0.3) is 0 Å². The van der Waals surface area contributed by atoms with Crippen LogP contribution in [0.5, 0.6) is 11.5 Å². The van der Waals surface area contributed by atoms with Crippen molar-refractivity contribution >= 4 is 5.97 Å². The highest BCUT2D eigenvalue weighted by Gasteiger charge is 2.13. The fourth-order valence-electron chi connectivity index (χ4n) is 2.44. The van der Waals surface area contributed by atoms with Crippen molar-refractivity contribution in [1.82, 2.24) is 0 Å². The molecule has 1 aliphatic rings. The Labute approximate surface area is 122 Å². The Bertz CT molecular complexity index is 664. The third-order valence-electron chi connectivity index (χ3n) is 3.52. The van der Waals surface area contributed by atoms with Gasteiger partial charge >= 0.3 is 5.97 Å². The second kappa shape index (κ2) is 5.87. The number of carboxylic acids is 1. The molecular formula is C17H16O4. The molecule has 0 atom stereocenters. The van der Waals surface area contributed by atoms with Crippen LogP contribution in [0.4, 0.5) is 0 Å². The minimum absolute atomic E-state index is 0.194. The first-order valence-corrected chi connectivity index (χ1v) is 6.94. The fraction of sp³-hybridized carbons (Fsp3) is 0.235. The summed E-state index contributed by atoms with van der Waals surface area (Å²) in [6.07, 6.45) is 1.69. The smallest absolute Gasteiger partial charge is 0.339 e. The van der Waals surface area contributed by atoms with Crippen molar-refractivity contribution < 1.29 is 19.4 Å². The van der Waals surface area contributed by atoms with Gasteiger partial charge in [0.1, 0.15) is 17.1 Å². The maximum atomic E-state index is 11.1. The van der Waals surface area contributed by atoms with E-state index in [1.165, 1.54) is 11.1 Å². The zero-order valence-electron chi connectivity index (χ0n) is 11.5. The number of benzene rings is 2. The molecule has 0 spiro atoms. The van der Waals surface area contributed by atoms with Crippen LogP contribution in [-0.4, -0.2) is 24.3 Å². The third kappa shape index (κ3) is 2.99. The molecule has 1 N–H and O–H groups in total. The summed E-state index contributed by atoms with van der Waals surface area (Å²) in [6, 6.07) is 12.8. The summed E-state index contributed by atoms with van der Waals surface area (Å²) in [5, 5.41) is 9.09. The van der Waals surface area contributed by atoms with Gasteiger partial charge in [-0.25, -0.2) is 4.79 Å². The highest BCUT2D eigenvalue weighted by molar-refractivity contribution is 5.90. The van der Waals surface area contributed by atoms with E-state index in [2.05, 4.69) is 6.07 Å². The highest BCUT2D eigenvalue weighted by atomic mass is 16.5. The molecule has 0 amide bonds. The molecule has 0 saturated heterocycles. The van der Waals surface area contributed by atoms with Gasteiger partial charge in [0, 0.05) is 12.8 Å². The number of aromatic carboxylic acids is 1. The van der Waals surface area contributed by atoms with Gasteiger partial charge in [-0.15, -0.1) is 0 Å². The predicted octanol–water partition coefficient (Wildman–Crippen LogP) is 2.94. The maximum Gasteiger partial charge on any atom is 0.339 e. The molecule has 108 valence electrons. The Morgan fingerprint density at radius 3 is 2.95 bits per heavy atom. The van der Waals surface area contributed by atoms with Crippen LogP contribution in [0, 0.1) is 0 Å². The summed E-state index contributed by atoms with van der Waals surface area (Å²) < 4.78 is 11.1. The lowest BCUT2D eigenvalue weighted by Gasteiger charge is -2.09. The molecule has 4 nitrogen and oxygen atoms in total. The van der Waals surface area contributed by atoms with Crippen LogP contribution >= 0.6 is 0 Å². The number of carbonyl (C=O) groups is 1. The second-order valence-electron chi connectivity index (χ2n) is 4.94. The van der Waals surface area contributed by atoms with Gasteiger partial charge in [-0.05, 0) is 29.3 Å². The molecule has 1 aliphatic heterocycles. The molecule has 0 aliphatic carbocycles. The molecule has 0 unspecified atom stereocenters. The van der Waals surface area contributed by atoms with E-state index in [0.29, 0.717) is 12.4 Å². The summed E-state index contributed by atoms with van der Waals surface area (Å²) in [7, 11) is 0. The molecule has 0 bridgehead atoms. The first kappa shape index (κ1) is 13.5. The molecule has 0 saturated carbocycles. The lowest BCUT2D eigenvalue weighted by Crippen LogP contribution is -2.06. The van der Waals surface area contributed by atoms with Crippen molar-refractivity contribution in [2.75, 3.05) is 13.2 Å². The molecule has 3 rings (SSSR count). The van der Waals surface area contributed by atoms with E-state index in [9.17, 15) is 4.79 Å². The van der Waals surface area contributed by atoms with Gasteiger partial charge in [0.05, 0.1) is 13.2 Å².